The molecule has 0 aliphatic heterocycles. The van der Waals surface area contributed by atoms with Crippen LogP contribution < -0.4 is 5.32 Å². The molecule has 0 rings (SSSR count). The fourth-order valence-corrected chi connectivity index (χ4v) is 0.537. The van der Waals surface area contributed by atoms with E-state index >= 15 is 0 Å². The monoisotopic (exact) mass is 131 g/mol. The van der Waals surface area contributed by atoms with Crippen molar-refractivity contribution in [2.75, 3.05) is 13.6 Å². The van der Waals surface area contributed by atoms with Crippen LogP contribution in [0.25, 0.3) is 0 Å². The molecule has 0 saturated carbocycles. The van der Waals surface area contributed by atoms with Gasteiger partial charge in [-0.3, -0.25) is 4.79 Å². The number of nitrogens with one attached hydrogen (secondary N) is 1. The summed E-state index contributed by atoms with van der Waals surface area (Å²) in [7, 11) is 1.85. The molecule has 0 aromatic carbocycles. The third kappa shape index (κ3) is 4.15. The maximum atomic E-state index is 10.9. The topological polar surface area (TPSA) is 29.1 Å². The quantitative estimate of drug-likeness (QED) is 0.618. The lowest BCUT2D eigenvalue weighted by atomic mass is 10.1. The maximum absolute atomic E-state index is 10.9. The van der Waals surface area contributed by atoms with E-state index in [2.05, 4.69) is 5.32 Å². The van der Waals surface area contributed by atoms with Gasteiger partial charge in [0.15, 0.2) is 0 Å². The zero-order valence-corrected chi connectivity index (χ0v) is 6.40. The van der Waals surface area contributed by atoms with Crippen molar-refractivity contribution in [1.82, 2.24) is 5.32 Å². The van der Waals surface area contributed by atoms with E-state index in [9.17, 15) is 4.79 Å². The van der Waals surface area contributed by atoms with Crippen LogP contribution >= 0.6 is 0 Å². The highest BCUT2D eigenvalue weighted by Crippen LogP contribution is 1.96. The van der Waals surface area contributed by atoms with Crippen molar-refractivity contribution in [2.24, 2.45) is 5.92 Å². The molecular formula is C7H17NO. The van der Waals surface area contributed by atoms with E-state index in [0.717, 1.165) is 6.54 Å². The van der Waals surface area contributed by atoms with Gasteiger partial charge in [-0.15, -0.1) is 0 Å². The number of Topliss-reactive ketones (excluding diaryl/α,β-unsaturated/α-hetero) is 1. The molecule has 0 aromatic heterocycles. The number of ketones is 1. The highest BCUT2D eigenvalue weighted by Gasteiger charge is 2.04. The second-order valence-corrected chi connectivity index (χ2v) is 2.47. The van der Waals surface area contributed by atoms with Crippen LogP contribution in [0.5, 0.6) is 0 Å². The SMILES string of the molecule is CNCCC(=O)C(C)C.[HH]. The van der Waals surface area contributed by atoms with Gasteiger partial charge in [0.2, 0.25) is 0 Å². The maximum Gasteiger partial charge on any atom is 0.136 e. The molecule has 0 fully saturated rings. The Hall–Kier alpha value is -0.370. The first kappa shape index (κ1) is 8.63. The highest BCUT2D eigenvalue weighted by molar-refractivity contribution is 5.80. The van der Waals surface area contributed by atoms with Crippen LogP contribution in [-0.4, -0.2) is 19.4 Å². The smallest absolute Gasteiger partial charge is 0.136 e. The number of carbonyl (C=O) groups excluding carboxylic acids is 1. The van der Waals surface area contributed by atoms with Crippen molar-refractivity contribution in [3.63, 3.8) is 0 Å². The van der Waals surface area contributed by atoms with Gasteiger partial charge in [0, 0.05) is 20.3 Å². The highest BCUT2D eigenvalue weighted by atomic mass is 16.1. The second kappa shape index (κ2) is 4.50. The predicted octanol–water partition coefficient (Wildman–Crippen LogP) is 1.07. The molecule has 2 nitrogen and oxygen atoms in total. The molecule has 0 spiro atoms. The van der Waals surface area contributed by atoms with E-state index in [1.807, 2.05) is 20.9 Å². The van der Waals surface area contributed by atoms with Crippen molar-refractivity contribution in [1.29, 1.82) is 0 Å². The van der Waals surface area contributed by atoms with Crippen LogP contribution in [0.1, 0.15) is 21.7 Å². The fourth-order valence-electron chi connectivity index (χ4n) is 0.537. The minimum atomic E-state index is 0. The molecule has 0 saturated heterocycles. The Balaban J connectivity index is 0. The molecule has 1 N–H and O–H groups in total. The van der Waals surface area contributed by atoms with Crippen LogP contribution in [0, 0.1) is 5.92 Å². The minimum absolute atomic E-state index is 0. The van der Waals surface area contributed by atoms with Gasteiger partial charge in [0.1, 0.15) is 5.78 Å². The number of rotatable bonds is 4. The summed E-state index contributed by atoms with van der Waals surface area (Å²) in [6.07, 6.45) is 0.661. The molecule has 0 bridgehead atoms. The van der Waals surface area contributed by atoms with E-state index in [1.165, 1.54) is 0 Å². The first-order valence-electron chi connectivity index (χ1n) is 3.35. The van der Waals surface area contributed by atoms with Crippen molar-refractivity contribution >= 4 is 5.78 Å². The zero-order chi connectivity index (χ0) is 7.28. The summed E-state index contributed by atoms with van der Waals surface area (Å²) in [6, 6.07) is 0. The van der Waals surface area contributed by atoms with Crippen molar-refractivity contribution in [3.8, 4) is 0 Å². The first-order valence-corrected chi connectivity index (χ1v) is 3.35. The van der Waals surface area contributed by atoms with Crippen molar-refractivity contribution < 1.29 is 6.22 Å². The third-order valence-corrected chi connectivity index (χ3v) is 1.27. The molecular weight excluding hydrogens is 114 g/mol. The third-order valence-electron chi connectivity index (χ3n) is 1.27. The van der Waals surface area contributed by atoms with Crippen molar-refractivity contribution in [3.05, 3.63) is 0 Å². The molecule has 56 valence electrons. The average Bonchev–Trinajstić information content (AvgIpc) is 1.82. The molecule has 0 aromatic rings. The summed E-state index contributed by atoms with van der Waals surface area (Å²) >= 11 is 0. The summed E-state index contributed by atoms with van der Waals surface area (Å²) in [5, 5.41) is 2.93. The van der Waals surface area contributed by atoms with Crippen LogP contribution in [0.2, 0.25) is 0 Å². The lowest BCUT2D eigenvalue weighted by molar-refractivity contribution is -0.121. The molecule has 9 heavy (non-hydrogen) atoms. The standard InChI is InChI=1S/C7H15NO.H2/c1-6(2)7(9)4-5-8-3;/h6,8H,4-5H2,1-3H3;1H. The summed E-state index contributed by atoms with van der Waals surface area (Å²) < 4.78 is 0. The van der Waals surface area contributed by atoms with E-state index < -0.39 is 0 Å². The Bertz CT molecular complexity index is 93.6. The zero-order valence-electron chi connectivity index (χ0n) is 6.40. The van der Waals surface area contributed by atoms with Gasteiger partial charge in [-0.1, -0.05) is 13.8 Å². The largest absolute Gasteiger partial charge is 0.319 e. The van der Waals surface area contributed by atoms with E-state index in [0.29, 0.717) is 12.2 Å². The minimum Gasteiger partial charge on any atom is -0.319 e. The predicted molar refractivity (Wildman–Crippen MR) is 40.5 cm³/mol. The molecule has 0 radical (unpaired) electrons. The summed E-state index contributed by atoms with van der Waals surface area (Å²) in [6.45, 7) is 4.66. The van der Waals surface area contributed by atoms with E-state index in [1.54, 1.807) is 0 Å². The van der Waals surface area contributed by atoms with Gasteiger partial charge in [-0.05, 0) is 7.05 Å². The van der Waals surface area contributed by atoms with Gasteiger partial charge in [-0.25, -0.2) is 0 Å². The summed E-state index contributed by atoms with van der Waals surface area (Å²) in [4.78, 5) is 10.9. The van der Waals surface area contributed by atoms with Crippen LogP contribution in [-0.2, 0) is 4.79 Å². The lowest BCUT2D eigenvalue weighted by Crippen LogP contribution is -2.16. The molecule has 0 unspecified atom stereocenters. The average molecular weight is 131 g/mol. The van der Waals surface area contributed by atoms with E-state index in [-0.39, 0.29) is 7.34 Å². The number of hydrogen-bond donors (Lipinski definition) is 1. The summed E-state index contributed by atoms with van der Waals surface area (Å²) in [5.41, 5.74) is 0. The van der Waals surface area contributed by atoms with Gasteiger partial charge >= 0.3 is 0 Å². The van der Waals surface area contributed by atoms with Gasteiger partial charge in [0.25, 0.3) is 0 Å². The van der Waals surface area contributed by atoms with Crippen LogP contribution in [0.4, 0.5) is 0 Å². The molecule has 0 atom stereocenters. The van der Waals surface area contributed by atoms with Gasteiger partial charge < -0.3 is 5.32 Å². The molecule has 0 amide bonds. The summed E-state index contributed by atoms with van der Waals surface area (Å²) in [5.74, 6) is 0.530. The molecule has 0 heterocycles. The molecule has 2 heteroatoms. The van der Waals surface area contributed by atoms with E-state index in [4.69, 9.17) is 0 Å². The number of hydrogen-bond acceptors (Lipinski definition) is 2. The van der Waals surface area contributed by atoms with Crippen LogP contribution in [0.3, 0.4) is 0 Å². The number of carbonyl (C=O) groups is 1. The van der Waals surface area contributed by atoms with Gasteiger partial charge in [0.05, 0.1) is 0 Å². The van der Waals surface area contributed by atoms with Crippen LogP contribution in [0.15, 0.2) is 0 Å². The fraction of sp³-hybridized carbons (Fsp3) is 0.857. The van der Waals surface area contributed by atoms with Crippen molar-refractivity contribution in [2.45, 2.75) is 20.3 Å². The Labute approximate surface area is 58.1 Å². The molecule has 0 aliphatic carbocycles. The Morgan fingerprint density at radius 3 is 2.56 bits per heavy atom. The Morgan fingerprint density at radius 1 is 1.67 bits per heavy atom. The lowest BCUT2D eigenvalue weighted by Gasteiger charge is -2.01. The molecule has 0 aliphatic rings. The second-order valence-electron chi connectivity index (χ2n) is 2.47. The Kier molecular flexibility index (Phi) is 4.32. The first-order chi connectivity index (χ1) is 4.18. The van der Waals surface area contributed by atoms with Gasteiger partial charge in [-0.2, -0.15) is 0 Å². The normalized spacial score (nSPS) is 10.2. The Morgan fingerprint density at radius 2 is 2.22 bits per heavy atom.